The molecular weight excluding hydrogens is 328 g/mol. The fraction of sp³-hybridized carbons (Fsp3) is 0.0625. The van der Waals surface area contributed by atoms with Gasteiger partial charge in [0.25, 0.3) is 11.6 Å². The number of rotatable bonds is 5. The third-order valence-corrected chi connectivity index (χ3v) is 4.04. The molecule has 120 valence electrons. The van der Waals surface area contributed by atoms with Crippen molar-refractivity contribution in [3.63, 3.8) is 0 Å². The highest BCUT2D eigenvalue weighted by molar-refractivity contribution is 7.15. The van der Waals surface area contributed by atoms with Crippen molar-refractivity contribution in [2.24, 2.45) is 0 Å². The molecule has 0 saturated heterocycles. The number of carbonyl (C=O) groups is 1. The number of nitrogens with zero attached hydrogens (tertiary/aromatic N) is 3. The molecule has 24 heavy (non-hydrogen) atoms. The maximum atomic E-state index is 12.2. The largest absolute Gasteiger partial charge is 0.296 e. The van der Waals surface area contributed by atoms with E-state index in [1.54, 1.807) is 0 Å². The van der Waals surface area contributed by atoms with E-state index >= 15 is 0 Å². The van der Waals surface area contributed by atoms with Gasteiger partial charge < -0.3 is 0 Å². The number of carbonyl (C=O) groups excluding carboxylic acids is 1. The molecule has 7 nitrogen and oxygen atoms in total. The summed E-state index contributed by atoms with van der Waals surface area (Å²) in [6.07, 6.45) is 0.630. The summed E-state index contributed by atoms with van der Waals surface area (Å²) in [6, 6.07) is 15.3. The second kappa shape index (κ2) is 6.97. The molecule has 0 fully saturated rings. The summed E-state index contributed by atoms with van der Waals surface area (Å²) in [5.74, 6) is -0.457. The van der Waals surface area contributed by atoms with Crippen molar-refractivity contribution in [1.82, 2.24) is 10.2 Å². The lowest BCUT2D eigenvalue weighted by Gasteiger charge is -2.00. The first-order valence-electron chi connectivity index (χ1n) is 7.04. The van der Waals surface area contributed by atoms with Gasteiger partial charge in [0.05, 0.1) is 4.92 Å². The second-order valence-corrected chi connectivity index (χ2v) is 5.99. The Bertz CT molecular complexity index is 880. The summed E-state index contributed by atoms with van der Waals surface area (Å²) in [5, 5.41) is 22.5. The second-order valence-electron chi connectivity index (χ2n) is 4.92. The van der Waals surface area contributed by atoms with Gasteiger partial charge in [-0.3, -0.25) is 20.2 Å². The molecule has 0 aliphatic heterocycles. The number of nitro groups is 1. The number of nitrogens with one attached hydrogen (secondary N) is 1. The van der Waals surface area contributed by atoms with Crippen molar-refractivity contribution in [2.45, 2.75) is 6.42 Å². The molecule has 1 amide bonds. The van der Waals surface area contributed by atoms with Crippen LogP contribution in [-0.4, -0.2) is 21.0 Å². The van der Waals surface area contributed by atoms with Gasteiger partial charge in [-0.25, -0.2) is 0 Å². The number of aromatic nitrogens is 2. The summed E-state index contributed by atoms with van der Waals surface area (Å²) < 4.78 is 0. The molecule has 2 aromatic carbocycles. The highest BCUT2D eigenvalue weighted by atomic mass is 32.1. The zero-order valence-electron chi connectivity index (χ0n) is 12.4. The summed E-state index contributed by atoms with van der Waals surface area (Å²) in [7, 11) is 0. The van der Waals surface area contributed by atoms with Crippen molar-refractivity contribution >= 4 is 28.1 Å². The van der Waals surface area contributed by atoms with Crippen LogP contribution in [0.1, 0.15) is 20.9 Å². The number of hydrogen-bond donors (Lipinski definition) is 1. The molecule has 8 heteroatoms. The monoisotopic (exact) mass is 340 g/mol. The van der Waals surface area contributed by atoms with Crippen LogP contribution in [0.2, 0.25) is 0 Å². The van der Waals surface area contributed by atoms with Crippen LogP contribution in [0.5, 0.6) is 0 Å². The molecule has 0 aliphatic rings. The number of benzene rings is 2. The van der Waals surface area contributed by atoms with Crippen LogP contribution in [0.3, 0.4) is 0 Å². The molecule has 3 aromatic rings. The maximum Gasteiger partial charge on any atom is 0.270 e. The zero-order valence-corrected chi connectivity index (χ0v) is 13.2. The first-order valence-corrected chi connectivity index (χ1v) is 7.85. The van der Waals surface area contributed by atoms with Gasteiger partial charge in [-0.05, 0) is 11.6 Å². The fourth-order valence-electron chi connectivity index (χ4n) is 2.08. The van der Waals surface area contributed by atoms with Gasteiger partial charge in [0.2, 0.25) is 5.13 Å². The van der Waals surface area contributed by atoms with Crippen LogP contribution in [0.4, 0.5) is 10.8 Å². The van der Waals surface area contributed by atoms with E-state index in [2.05, 4.69) is 15.5 Å². The van der Waals surface area contributed by atoms with E-state index in [4.69, 9.17) is 0 Å². The SMILES string of the molecule is O=C(Nc1nnc(Cc2ccccc2)s1)c1cccc([N+](=O)[O-])c1. The molecule has 1 N–H and O–H groups in total. The van der Waals surface area contributed by atoms with Gasteiger partial charge in [0.15, 0.2) is 0 Å². The minimum atomic E-state index is -0.542. The Kier molecular flexibility index (Phi) is 4.57. The van der Waals surface area contributed by atoms with Crippen molar-refractivity contribution in [3.05, 3.63) is 80.8 Å². The molecular formula is C16H12N4O3S. The number of anilines is 1. The smallest absolute Gasteiger partial charge is 0.270 e. The first kappa shape index (κ1) is 15.8. The number of non-ortho nitro benzene ring substituents is 1. The van der Waals surface area contributed by atoms with E-state index in [0.29, 0.717) is 11.6 Å². The molecule has 0 radical (unpaired) electrons. The summed E-state index contributed by atoms with van der Waals surface area (Å²) in [6.45, 7) is 0. The van der Waals surface area contributed by atoms with Gasteiger partial charge >= 0.3 is 0 Å². The highest BCUT2D eigenvalue weighted by Gasteiger charge is 2.14. The Labute approximate surface area is 141 Å². The van der Waals surface area contributed by atoms with Crippen molar-refractivity contribution in [1.29, 1.82) is 0 Å². The van der Waals surface area contributed by atoms with E-state index in [1.165, 1.54) is 35.6 Å². The summed E-state index contributed by atoms with van der Waals surface area (Å²) in [5.41, 5.74) is 1.17. The molecule has 1 heterocycles. The van der Waals surface area contributed by atoms with Gasteiger partial charge in [-0.1, -0.05) is 47.7 Å². The van der Waals surface area contributed by atoms with Crippen LogP contribution >= 0.6 is 11.3 Å². The number of nitro benzene ring substituents is 1. The lowest BCUT2D eigenvalue weighted by molar-refractivity contribution is -0.384. The molecule has 0 atom stereocenters. The fourth-order valence-corrected chi connectivity index (χ4v) is 2.85. The van der Waals surface area contributed by atoms with Gasteiger partial charge in [-0.15, -0.1) is 10.2 Å². The van der Waals surface area contributed by atoms with Crippen molar-refractivity contribution < 1.29 is 9.72 Å². The van der Waals surface area contributed by atoms with Crippen LogP contribution in [0, 0.1) is 10.1 Å². The quantitative estimate of drug-likeness (QED) is 0.567. The topological polar surface area (TPSA) is 98.0 Å². The first-order chi connectivity index (χ1) is 11.6. The Morgan fingerprint density at radius 3 is 2.67 bits per heavy atom. The predicted octanol–water partition coefficient (Wildman–Crippen LogP) is 3.29. The minimum absolute atomic E-state index is 0.135. The summed E-state index contributed by atoms with van der Waals surface area (Å²) in [4.78, 5) is 22.4. The predicted molar refractivity (Wildman–Crippen MR) is 90.2 cm³/mol. The maximum absolute atomic E-state index is 12.2. The van der Waals surface area contributed by atoms with Gasteiger partial charge in [0.1, 0.15) is 5.01 Å². The van der Waals surface area contributed by atoms with Gasteiger partial charge in [-0.2, -0.15) is 0 Å². The lowest BCUT2D eigenvalue weighted by Crippen LogP contribution is -2.11. The third kappa shape index (κ3) is 3.79. The minimum Gasteiger partial charge on any atom is -0.296 e. The molecule has 0 unspecified atom stereocenters. The lowest BCUT2D eigenvalue weighted by atomic mass is 10.2. The normalized spacial score (nSPS) is 10.3. The van der Waals surface area contributed by atoms with E-state index in [1.807, 2.05) is 30.3 Å². The van der Waals surface area contributed by atoms with E-state index in [-0.39, 0.29) is 11.3 Å². The zero-order chi connectivity index (χ0) is 16.9. The molecule has 0 spiro atoms. The van der Waals surface area contributed by atoms with E-state index in [9.17, 15) is 14.9 Å². The average molecular weight is 340 g/mol. The molecule has 3 rings (SSSR count). The molecule has 0 bridgehead atoms. The average Bonchev–Trinajstić information content (AvgIpc) is 3.02. The standard InChI is InChI=1S/C16H12N4O3S/c21-15(12-7-4-8-13(10-12)20(22)23)17-16-19-18-14(24-16)9-11-5-2-1-3-6-11/h1-8,10H,9H2,(H,17,19,21). The van der Waals surface area contributed by atoms with E-state index < -0.39 is 10.8 Å². The number of hydrogen-bond acceptors (Lipinski definition) is 6. The van der Waals surface area contributed by atoms with Crippen LogP contribution < -0.4 is 5.32 Å². The molecule has 0 aliphatic carbocycles. The van der Waals surface area contributed by atoms with Crippen LogP contribution in [-0.2, 0) is 6.42 Å². The van der Waals surface area contributed by atoms with E-state index in [0.717, 1.165) is 10.6 Å². The highest BCUT2D eigenvalue weighted by Crippen LogP contribution is 2.20. The van der Waals surface area contributed by atoms with Crippen molar-refractivity contribution in [2.75, 3.05) is 5.32 Å². The van der Waals surface area contributed by atoms with Crippen LogP contribution in [0.25, 0.3) is 0 Å². The Balaban J connectivity index is 1.69. The van der Waals surface area contributed by atoms with Gasteiger partial charge in [0, 0.05) is 24.1 Å². The Morgan fingerprint density at radius 2 is 1.92 bits per heavy atom. The molecule has 1 aromatic heterocycles. The van der Waals surface area contributed by atoms with Crippen molar-refractivity contribution in [3.8, 4) is 0 Å². The molecule has 0 saturated carbocycles. The third-order valence-electron chi connectivity index (χ3n) is 3.20. The summed E-state index contributed by atoms with van der Waals surface area (Å²) >= 11 is 1.27. The van der Waals surface area contributed by atoms with Crippen LogP contribution in [0.15, 0.2) is 54.6 Å². The number of amides is 1. The Morgan fingerprint density at radius 1 is 1.12 bits per heavy atom. The Hall–Kier alpha value is -3.13.